The lowest BCUT2D eigenvalue weighted by atomic mass is 10.2. The molecule has 1 fully saturated rings. The van der Waals surface area contributed by atoms with Gasteiger partial charge in [-0.2, -0.15) is 0 Å². The van der Waals surface area contributed by atoms with Crippen LogP contribution < -0.4 is 0 Å². The summed E-state index contributed by atoms with van der Waals surface area (Å²) in [5, 5.41) is 0. The first kappa shape index (κ1) is 10.4. The molecule has 1 nitrogen and oxygen atoms in total. The van der Waals surface area contributed by atoms with Crippen molar-refractivity contribution in [2.75, 3.05) is 0 Å². The molecule has 2 atom stereocenters. The maximum atomic E-state index is 5.75. The van der Waals surface area contributed by atoms with Gasteiger partial charge >= 0.3 is 0 Å². The lowest BCUT2D eigenvalue weighted by Gasteiger charge is -2.11. The molecule has 0 saturated carbocycles. The third kappa shape index (κ3) is 2.10. The smallest absolute Gasteiger partial charge is 0.106 e. The maximum Gasteiger partial charge on any atom is 0.106 e. The van der Waals surface area contributed by atoms with E-state index in [1.165, 1.54) is 5.56 Å². The number of rotatable bonds is 2. The number of benzene rings is 1. The Morgan fingerprint density at radius 1 is 1.14 bits per heavy atom. The highest BCUT2D eigenvalue weighted by Gasteiger charge is 2.48. The summed E-state index contributed by atoms with van der Waals surface area (Å²) in [6.07, 6.45) is 0.370. The Hall–Kier alpha value is -0.123. The van der Waals surface area contributed by atoms with E-state index in [2.05, 4.69) is 59.8 Å². The van der Waals surface area contributed by atoms with E-state index in [1.54, 1.807) is 0 Å². The molecule has 0 spiro atoms. The molecule has 3 heteroatoms. The summed E-state index contributed by atoms with van der Waals surface area (Å²) in [4.78, 5) is 0. The molecule has 14 heavy (non-hydrogen) atoms. The molecule has 1 aliphatic rings. The molecule has 0 aromatic heterocycles. The molecule has 1 aromatic rings. The summed E-state index contributed by atoms with van der Waals surface area (Å²) >= 11 is 3.44. The largest absolute Gasteiger partial charge is 0.368 e. The summed E-state index contributed by atoms with van der Waals surface area (Å²) < 4.78 is 6.88. The van der Waals surface area contributed by atoms with E-state index in [1.807, 2.05) is 0 Å². The zero-order chi connectivity index (χ0) is 10.3. The van der Waals surface area contributed by atoms with E-state index in [-0.39, 0.29) is 0 Å². The second kappa shape index (κ2) is 3.47. The van der Waals surface area contributed by atoms with Crippen LogP contribution in [-0.2, 0) is 4.74 Å². The van der Waals surface area contributed by atoms with E-state index in [9.17, 15) is 0 Å². The van der Waals surface area contributed by atoms with Crippen molar-refractivity contribution in [2.24, 2.45) is 0 Å². The minimum absolute atomic E-state index is 0.370. The van der Waals surface area contributed by atoms with Crippen molar-refractivity contribution in [3.8, 4) is 0 Å². The van der Waals surface area contributed by atoms with Gasteiger partial charge in [0.15, 0.2) is 0 Å². The molecule has 0 aliphatic carbocycles. The first-order chi connectivity index (χ1) is 6.48. The summed E-state index contributed by atoms with van der Waals surface area (Å²) in [5.41, 5.74) is 1.84. The van der Waals surface area contributed by atoms with Crippen LogP contribution in [0.25, 0.3) is 0 Å². The summed E-state index contributed by atoms with van der Waals surface area (Å²) in [6, 6.07) is 8.46. The number of ether oxygens (including phenoxy) is 1. The monoisotopic (exact) mass is 270 g/mol. The highest BCUT2D eigenvalue weighted by molar-refractivity contribution is 9.10. The average molecular weight is 271 g/mol. The van der Waals surface area contributed by atoms with Crippen molar-refractivity contribution in [1.82, 2.24) is 0 Å². The summed E-state index contributed by atoms with van der Waals surface area (Å²) in [6.45, 7) is 7.07. The van der Waals surface area contributed by atoms with Crippen LogP contribution in [0.1, 0.15) is 11.7 Å². The van der Waals surface area contributed by atoms with Crippen LogP contribution in [0.4, 0.5) is 0 Å². The summed E-state index contributed by atoms with van der Waals surface area (Å²) in [7, 11) is -1.12. The van der Waals surface area contributed by atoms with Gasteiger partial charge in [-0.3, -0.25) is 0 Å². The molecule has 1 saturated heterocycles. The van der Waals surface area contributed by atoms with Gasteiger partial charge in [-0.05, 0) is 17.7 Å². The van der Waals surface area contributed by atoms with Crippen molar-refractivity contribution in [3.63, 3.8) is 0 Å². The van der Waals surface area contributed by atoms with Crippen molar-refractivity contribution in [1.29, 1.82) is 0 Å². The fraction of sp³-hybridized carbons (Fsp3) is 0.455. The Labute approximate surface area is 94.6 Å². The fourth-order valence-corrected chi connectivity index (χ4v) is 3.60. The van der Waals surface area contributed by atoms with Crippen LogP contribution >= 0.6 is 15.9 Å². The molecule has 0 radical (unpaired) electrons. The Kier molecular flexibility index (Phi) is 2.58. The minimum Gasteiger partial charge on any atom is -0.368 e. The number of hydrogen-bond acceptors (Lipinski definition) is 1. The van der Waals surface area contributed by atoms with Crippen molar-refractivity contribution >= 4 is 24.0 Å². The van der Waals surface area contributed by atoms with Crippen LogP contribution in [-0.4, -0.2) is 13.8 Å². The fourth-order valence-electron chi connectivity index (χ4n) is 1.68. The zero-order valence-corrected chi connectivity index (χ0v) is 11.3. The number of epoxide rings is 1. The van der Waals surface area contributed by atoms with E-state index >= 15 is 0 Å². The van der Waals surface area contributed by atoms with Crippen molar-refractivity contribution in [2.45, 2.75) is 31.5 Å². The molecule has 0 unspecified atom stereocenters. The molecule has 1 heterocycles. The molecule has 1 aromatic carbocycles. The summed E-state index contributed by atoms with van der Waals surface area (Å²) in [5.74, 6) is 0. The predicted molar refractivity (Wildman–Crippen MR) is 65.1 cm³/mol. The lowest BCUT2D eigenvalue weighted by molar-refractivity contribution is 0.400. The Morgan fingerprint density at radius 2 is 1.71 bits per heavy atom. The van der Waals surface area contributed by atoms with Crippen molar-refractivity contribution < 1.29 is 4.74 Å². The van der Waals surface area contributed by atoms with Gasteiger partial charge in [-0.1, -0.05) is 47.7 Å². The molecule has 0 N–H and O–H groups in total. The highest BCUT2D eigenvalue weighted by Crippen LogP contribution is 2.44. The van der Waals surface area contributed by atoms with Gasteiger partial charge in [-0.25, -0.2) is 0 Å². The molecule has 0 bridgehead atoms. The highest BCUT2D eigenvalue weighted by atomic mass is 79.9. The molecular formula is C11H15BrOSi. The van der Waals surface area contributed by atoms with E-state index in [0.29, 0.717) is 11.8 Å². The standard InChI is InChI=1S/C11H15BrOSi/c1-14(2,3)11-10(13-11)8-4-6-9(12)7-5-8/h4-7,10-11H,1-3H3/t10-,11-/m1/s1. The zero-order valence-electron chi connectivity index (χ0n) is 8.75. The quantitative estimate of drug-likeness (QED) is 0.589. The molecular weight excluding hydrogens is 256 g/mol. The lowest BCUT2D eigenvalue weighted by Crippen LogP contribution is -2.29. The molecule has 2 rings (SSSR count). The SMILES string of the molecule is C[Si](C)(C)[C@H]1O[C@@H]1c1ccc(Br)cc1. The second-order valence-corrected chi connectivity index (χ2v) is 11.1. The second-order valence-electron chi connectivity index (χ2n) is 4.89. The minimum atomic E-state index is -1.12. The first-order valence-corrected chi connectivity index (χ1v) is 9.26. The van der Waals surface area contributed by atoms with E-state index < -0.39 is 8.07 Å². The Morgan fingerprint density at radius 3 is 2.14 bits per heavy atom. The third-order valence-electron chi connectivity index (χ3n) is 2.54. The third-order valence-corrected chi connectivity index (χ3v) is 5.22. The van der Waals surface area contributed by atoms with Gasteiger partial charge in [-0.15, -0.1) is 0 Å². The van der Waals surface area contributed by atoms with Crippen LogP contribution in [0.3, 0.4) is 0 Å². The number of hydrogen-bond donors (Lipinski definition) is 0. The van der Waals surface area contributed by atoms with Gasteiger partial charge in [0.25, 0.3) is 0 Å². The van der Waals surface area contributed by atoms with E-state index in [0.717, 1.165) is 4.47 Å². The molecule has 0 amide bonds. The predicted octanol–water partition coefficient (Wildman–Crippen LogP) is 3.77. The van der Waals surface area contributed by atoms with Gasteiger partial charge in [0.05, 0.1) is 13.8 Å². The molecule has 76 valence electrons. The van der Waals surface area contributed by atoms with Gasteiger partial charge in [0.1, 0.15) is 6.10 Å². The first-order valence-electron chi connectivity index (χ1n) is 4.89. The van der Waals surface area contributed by atoms with Crippen LogP contribution in [0.15, 0.2) is 28.7 Å². The van der Waals surface area contributed by atoms with Crippen molar-refractivity contribution in [3.05, 3.63) is 34.3 Å². The average Bonchev–Trinajstić information content (AvgIpc) is 2.83. The van der Waals surface area contributed by atoms with E-state index in [4.69, 9.17) is 4.74 Å². The van der Waals surface area contributed by atoms with Crippen LogP contribution in [0.2, 0.25) is 19.6 Å². The van der Waals surface area contributed by atoms with Gasteiger partial charge in [0, 0.05) is 4.47 Å². The van der Waals surface area contributed by atoms with Gasteiger partial charge in [0.2, 0.25) is 0 Å². The topological polar surface area (TPSA) is 12.5 Å². The van der Waals surface area contributed by atoms with Crippen LogP contribution in [0.5, 0.6) is 0 Å². The van der Waals surface area contributed by atoms with Gasteiger partial charge < -0.3 is 4.74 Å². The maximum absolute atomic E-state index is 5.75. The Bertz CT molecular complexity index is 328. The Balaban J connectivity index is 2.10. The normalized spacial score (nSPS) is 26.3. The number of halogens is 1. The molecule has 1 aliphatic heterocycles. The van der Waals surface area contributed by atoms with Crippen LogP contribution in [0, 0.1) is 0 Å².